The molecule has 0 saturated heterocycles. The first-order valence-corrected chi connectivity index (χ1v) is 9.81. The molecule has 1 amide bonds. The number of benzene rings is 2. The average Bonchev–Trinajstić information content (AvgIpc) is 2.74. The van der Waals surface area contributed by atoms with Crippen LogP contribution in [0.3, 0.4) is 0 Å². The quantitative estimate of drug-likeness (QED) is 0.782. The largest absolute Gasteiger partial charge is 0.375 e. The van der Waals surface area contributed by atoms with E-state index < -0.39 is 0 Å². The van der Waals surface area contributed by atoms with Crippen LogP contribution in [0, 0.1) is 6.92 Å². The van der Waals surface area contributed by atoms with E-state index in [1.807, 2.05) is 24.1 Å². The lowest BCUT2D eigenvalue weighted by molar-refractivity contribution is -0.118. The molecule has 0 spiro atoms. The number of nitrogens with zero attached hydrogens (tertiary/aromatic N) is 1. The van der Waals surface area contributed by atoms with Crippen molar-refractivity contribution in [3.63, 3.8) is 0 Å². The summed E-state index contributed by atoms with van der Waals surface area (Å²) in [6.07, 6.45) is 5.92. The van der Waals surface area contributed by atoms with E-state index in [0.717, 1.165) is 47.6 Å². The fraction of sp³-hybridized carbons (Fsp3) is 0.409. The molecule has 3 nitrogen and oxygen atoms in total. The summed E-state index contributed by atoms with van der Waals surface area (Å²) in [5.41, 5.74) is 5.75. The minimum absolute atomic E-state index is 0.0590. The second kappa shape index (κ2) is 6.62. The number of carbonyl (C=O) groups excluding carboxylic acids is 1. The summed E-state index contributed by atoms with van der Waals surface area (Å²) in [7, 11) is 1.89. The molecule has 4 heteroatoms. The molecule has 0 bridgehead atoms. The summed E-state index contributed by atoms with van der Waals surface area (Å²) in [6.45, 7) is 2.10. The van der Waals surface area contributed by atoms with E-state index in [1.165, 1.54) is 17.5 Å². The van der Waals surface area contributed by atoms with Gasteiger partial charge in [-0.05, 0) is 73.9 Å². The predicted octanol–water partition coefficient (Wildman–Crippen LogP) is 5.44. The lowest BCUT2D eigenvalue weighted by Gasteiger charge is -2.45. The number of hydrogen-bond acceptors (Lipinski definition) is 2. The minimum Gasteiger partial charge on any atom is -0.375 e. The molecule has 0 radical (unpaired) electrons. The van der Waals surface area contributed by atoms with Crippen LogP contribution in [0.15, 0.2) is 36.4 Å². The van der Waals surface area contributed by atoms with Crippen LogP contribution in [0.25, 0.3) is 0 Å². The molecule has 136 valence electrons. The molecule has 0 atom stereocenters. The van der Waals surface area contributed by atoms with Gasteiger partial charge in [-0.2, -0.15) is 0 Å². The molecule has 1 fully saturated rings. The van der Waals surface area contributed by atoms with Crippen LogP contribution in [-0.2, 0) is 16.8 Å². The van der Waals surface area contributed by atoms with Crippen molar-refractivity contribution >= 4 is 28.9 Å². The third kappa shape index (κ3) is 2.88. The zero-order valence-corrected chi connectivity index (χ0v) is 16.2. The van der Waals surface area contributed by atoms with Crippen molar-refractivity contribution < 1.29 is 4.79 Å². The average molecular weight is 369 g/mol. The minimum atomic E-state index is -0.0590. The van der Waals surface area contributed by atoms with Crippen molar-refractivity contribution in [1.82, 2.24) is 0 Å². The molecule has 1 aliphatic carbocycles. The molecule has 2 aromatic rings. The van der Waals surface area contributed by atoms with E-state index in [-0.39, 0.29) is 11.4 Å². The number of fused-ring (bicyclic) bond motifs is 1. The number of anilines is 2. The smallest absolute Gasteiger partial charge is 0.226 e. The molecule has 2 aromatic carbocycles. The monoisotopic (exact) mass is 368 g/mol. The normalized spacial score (nSPS) is 18.7. The lowest BCUT2D eigenvalue weighted by atomic mass is 9.70. The third-order valence-electron chi connectivity index (χ3n) is 6.03. The molecule has 1 N–H and O–H groups in total. The van der Waals surface area contributed by atoms with Crippen molar-refractivity contribution in [1.29, 1.82) is 0 Å². The summed E-state index contributed by atoms with van der Waals surface area (Å²) >= 11 is 6.38. The van der Waals surface area contributed by atoms with E-state index in [4.69, 9.17) is 11.6 Å². The van der Waals surface area contributed by atoms with Gasteiger partial charge in [0.05, 0.1) is 5.54 Å². The zero-order chi connectivity index (χ0) is 18.3. The van der Waals surface area contributed by atoms with E-state index in [9.17, 15) is 4.79 Å². The standard InChI is InChI=1S/C22H25ClN2O/c1-15-18(7-4-8-19(15)23)22(12-5-13-22)24-17-11-10-16-6-3-9-21(26)25(2)20(16)14-17/h4,7-8,10-11,14,24H,3,5-6,9,12-13H2,1-2H3. The number of nitrogens with one attached hydrogen (secondary N) is 1. The van der Waals surface area contributed by atoms with Crippen molar-refractivity contribution in [3.8, 4) is 0 Å². The molecular weight excluding hydrogens is 344 g/mol. The van der Waals surface area contributed by atoms with Gasteiger partial charge >= 0.3 is 0 Å². The molecule has 4 rings (SSSR count). The molecular formula is C22H25ClN2O. The van der Waals surface area contributed by atoms with Crippen molar-refractivity contribution in [2.75, 3.05) is 17.3 Å². The van der Waals surface area contributed by atoms with Gasteiger partial charge in [-0.15, -0.1) is 0 Å². The Bertz CT molecular complexity index is 857. The van der Waals surface area contributed by atoms with Gasteiger partial charge < -0.3 is 10.2 Å². The first kappa shape index (κ1) is 17.4. The Morgan fingerprint density at radius 2 is 1.92 bits per heavy atom. The SMILES string of the molecule is Cc1c(Cl)cccc1C1(Nc2ccc3c(c2)N(C)C(=O)CCC3)CCC1. The lowest BCUT2D eigenvalue weighted by Crippen LogP contribution is -2.42. The maximum absolute atomic E-state index is 12.2. The van der Waals surface area contributed by atoms with E-state index in [0.29, 0.717) is 6.42 Å². The first-order valence-electron chi connectivity index (χ1n) is 9.43. The highest BCUT2D eigenvalue weighted by Gasteiger charge is 2.40. The Balaban J connectivity index is 1.69. The molecule has 1 heterocycles. The Morgan fingerprint density at radius 1 is 1.12 bits per heavy atom. The molecule has 2 aliphatic rings. The molecule has 1 saturated carbocycles. The second-order valence-electron chi connectivity index (χ2n) is 7.62. The van der Waals surface area contributed by atoms with Gasteiger partial charge in [-0.25, -0.2) is 0 Å². The fourth-order valence-electron chi connectivity index (χ4n) is 4.29. The summed E-state index contributed by atoms with van der Waals surface area (Å²) in [5, 5.41) is 4.61. The number of aryl methyl sites for hydroxylation is 1. The highest BCUT2D eigenvalue weighted by Crippen LogP contribution is 2.46. The maximum Gasteiger partial charge on any atom is 0.226 e. The zero-order valence-electron chi connectivity index (χ0n) is 15.4. The second-order valence-corrected chi connectivity index (χ2v) is 8.03. The number of rotatable bonds is 3. The maximum atomic E-state index is 12.2. The fourth-order valence-corrected chi connectivity index (χ4v) is 4.47. The van der Waals surface area contributed by atoms with Crippen molar-refractivity contribution in [2.24, 2.45) is 0 Å². The summed E-state index contributed by atoms with van der Waals surface area (Å²) < 4.78 is 0. The van der Waals surface area contributed by atoms with Crippen LogP contribution >= 0.6 is 11.6 Å². The molecule has 1 aliphatic heterocycles. The highest BCUT2D eigenvalue weighted by atomic mass is 35.5. The molecule has 0 unspecified atom stereocenters. The van der Waals surface area contributed by atoms with Gasteiger partial charge in [0.25, 0.3) is 0 Å². The van der Waals surface area contributed by atoms with Gasteiger partial charge in [0, 0.05) is 29.9 Å². The molecule has 0 aromatic heterocycles. The van der Waals surface area contributed by atoms with Gasteiger partial charge in [0.15, 0.2) is 0 Å². The van der Waals surface area contributed by atoms with Crippen LogP contribution in [0.4, 0.5) is 11.4 Å². The van der Waals surface area contributed by atoms with Gasteiger partial charge in [-0.1, -0.05) is 29.8 Å². The Hall–Kier alpha value is -2.00. The summed E-state index contributed by atoms with van der Waals surface area (Å²) in [5.74, 6) is 0.199. The van der Waals surface area contributed by atoms with E-state index in [1.54, 1.807) is 0 Å². The summed E-state index contributed by atoms with van der Waals surface area (Å²) in [6, 6.07) is 12.6. The van der Waals surface area contributed by atoms with Crippen LogP contribution in [0.5, 0.6) is 0 Å². The number of hydrogen-bond donors (Lipinski definition) is 1. The first-order chi connectivity index (χ1) is 12.5. The van der Waals surface area contributed by atoms with Crippen molar-refractivity contribution in [3.05, 3.63) is 58.1 Å². The van der Waals surface area contributed by atoms with Gasteiger partial charge in [0.2, 0.25) is 5.91 Å². The molecule has 26 heavy (non-hydrogen) atoms. The number of amides is 1. The summed E-state index contributed by atoms with van der Waals surface area (Å²) in [4.78, 5) is 14.0. The Morgan fingerprint density at radius 3 is 2.65 bits per heavy atom. The van der Waals surface area contributed by atoms with Crippen molar-refractivity contribution in [2.45, 2.75) is 51.0 Å². The van der Waals surface area contributed by atoms with Crippen LogP contribution in [-0.4, -0.2) is 13.0 Å². The van der Waals surface area contributed by atoms with E-state index in [2.05, 4.69) is 36.5 Å². The number of halogens is 1. The third-order valence-corrected chi connectivity index (χ3v) is 6.44. The van der Waals surface area contributed by atoms with Crippen LogP contribution in [0.1, 0.15) is 48.8 Å². The van der Waals surface area contributed by atoms with Gasteiger partial charge in [0.1, 0.15) is 0 Å². The highest BCUT2D eigenvalue weighted by molar-refractivity contribution is 6.31. The number of carbonyl (C=O) groups is 1. The topological polar surface area (TPSA) is 32.3 Å². The predicted molar refractivity (Wildman–Crippen MR) is 108 cm³/mol. The Labute approximate surface area is 160 Å². The van der Waals surface area contributed by atoms with E-state index >= 15 is 0 Å². The van der Waals surface area contributed by atoms with Crippen LogP contribution < -0.4 is 10.2 Å². The van der Waals surface area contributed by atoms with Gasteiger partial charge in [-0.3, -0.25) is 4.79 Å². The Kier molecular flexibility index (Phi) is 4.44. The van der Waals surface area contributed by atoms with Crippen LogP contribution in [0.2, 0.25) is 5.02 Å².